The lowest BCUT2D eigenvalue weighted by Gasteiger charge is -2.36. The summed E-state index contributed by atoms with van der Waals surface area (Å²) >= 11 is 0. The molecule has 2 aliphatic heterocycles. The third-order valence-electron chi connectivity index (χ3n) is 3.63. The first kappa shape index (κ1) is 11.3. The van der Waals surface area contributed by atoms with Crippen molar-refractivity contribution in [1.29, 1.82) is 0 Å². The largest absolute Gasteiger partial charge is 0.325 e. The molecule has 3 heteroatoms. The second-order valence-electron chi connectivity index (χ2n) is 4.76. The van der Waals surface area contributed by atoms with Crippen LogP contribution in [0.3, 0.4) is 0 Å². The minimum absolute atomic E-state index is 0.232. The summed E-state index contributed by atoms with van der Waals surface area (Å²) in [4.78, 5) is 16.1. The Morgan fingerprint density at radius 1 is 1.00 bits per heavy atom. The number of hydrogen-bond donors (Lipinski definition) is 0. The van der Waals surface area contributed by atoms with E-state index in [2.05, 4.69) is 5.92 Å². The van der Waals surface area contributed by atoms with Crippen LogP contribution < -0.4 is 0 Å². The molecule has 0 spiro atoms. The van der Waals surface area contributed by atoms with Gasteiger partial charge in [0, 0.05) is 32.1 Å². The molecule has 88 valence electrons. The van der Waals surface area contributed by atoms with Crippen molar-refractivity contribution in [2.75, 3.05) is 26.2 Å². The van der Waals surface area contributed by atoms with Crippen molar-refractivity contribution in [2.45, 2.75) is 32.1 Å². The van der Waals surface area contributed by atoms with Gasteiger partial charge in [0.15, 0.2) is 0 Å². The lowest BCUT2D eigenvalue weighted by molar-refractivity contribution is 0.130. The van der Waals surface area contributed by atoms with E-state index in [1.165, 1.54) is 6.42 Å². The minimum Gasteiger partial charge on any atom is -0.325 e. The Morgan fingerprint density at radius 3 is 2.12 bits per heavy atom. The van der Waals surface area contributed by atoms with Gasteiger partial charge in [0.25, 0.3) is 0 Å². The Morgan fingerprint density at radius 2 is 1.56 bits per heavy atom. The molecule has 16 heavy (non-hydrogen) atoms. The molecule has 3 nitrogen and oxygen atoms in total. The van der Waals surface area contributed by atoms with Crippen LogP contribution in [0.1, 0.15) is 32.1 Å². The quantitative estimate of drug-likeness (QED) is 0.572. The molecular weight excluding hydrogens is 200 g/mol. The molecular formula is C13H20N2O. The van der Waals surface area contributed by atoms with Crippen molar-refractivity contribution >= 4 is 6.03 Å². The summed E-state index contributed by atoms with van der Waals surface area (Å²) in [5.41, 5.74) is 0. The highest BCUT2D eigenvalue weighted by Gasteiger charge is 2.26. The van der Waals surface area contributed by atoms with Crippen molar-refractivity contribution < 1.29 is 4.79 Å². The van der Waals surface area contributed by atoms with Crippen molar-refractivity contribution in [3.63, 3.8) is 0 Å². The molecule has 0 saturated carbocycles. The van der Waals surface area contributed by atoms with E-state index in [0.717, 1.165) is 51.9 Å². The summed E-state index contributed by atoms with van der Waals surface area (Å²) in [5.74, 6) is 3.17. The van der Waals surface area contributed by atoms with Crippen LogP contribution in [-0.4, -0.2) is 42.0 Å². The van der Waals surface area contributed by atoms with Crippen LogP contribution in [0.5, 0.6) is 0 Å². The van der Waals surface area contributed by atoms with E-state index in [1.54, 1.807) is 0 Å². The zero-order chi connectivity index (χ0) is 11.4. The number of likely N-dealkylation sites (tertiary alicyclic amines) is 2. The van der Waals surface area contributed by atoms with Gasteiger partial charge in [-0.1, -0.05) is 0 Å². The summed E-state index contributed by atoms with van der Waals surface area (Å²) in [6, 6.07) is 0.232. The van der Waals surface area contributed by atoms with Crippen molar-refractivity contribution in [2.24, 2.45) is 5.92 Å². The highest BCUT2D eigenvalue weighted by Crippen LogP contribution is 2.19. The Kier molecular flexibility index (Phi) is 3.71. The Hall–Kier alpha value is -1.17. The molecule has 0 unspecified atom stereocenters. The second kappa shape index (κ2) is 5.25. The van der Waals surface area contributed by atoms with Gasteiger partial charge in [-0.25, -0.2) is 4.79 Å². The first-order valence-corrected chi connectivity index (χ1v) is 6.31. The van der Waals surface area contributed by atoms with E-state index in [-0.39, 0.29) is 6.03 Å². The van der Waals surface area contributed by atoms with Crippen LogP contribution >= 0.6 is 0 Å². The van der Waals surface area contributed by atoms with E-state index < -0.39 is 0 Å². The summed E-state index contributed by atoms with van der Waals surface area (Å²) in [5, 5.41) is 0. The summed E-state index contributed by atoms with van der Waals surface area (Å²) in [7, 11) is 0. The number of amides is 2. The normalized spacial score (nSPS) is 22.9. The molecule has 0 aromatic carbocycles. The molecule has 2 rings (SSSR count). The molecule has 2 amide bonds. The number of rotatable bonds is 0. The Labute approximate surface area is 97.8 Å². The molecule has 2 aliphatic rings. The molecule has 0 bridgehead atoms. The molecule has 2 fully saturated rings. The molecule has 2 heterocycles. The lowest BCUT2D eigenvalue weighted by atomic mass is 9.98. The SMILES string of the molecule is C#CC1CCN(C(=O)N2CCCCC2)CC1. The van der Waals surface area contributed by atoms with Gasteiger partial charge in [-0.2, -0.15) is 0 Å². The lowest BCUT2D eigenvalue weighted by Crippen LogP contribution is -2.48. The van der Waals surface area contributed by atoms with Crippen molar-refractivity contribution in [3.8, 4) is 12.3 Å². The summed E-state index contributed by atoms with van der Waals surface area (Å²) < 4.78 is 0. The average molecular weight is 220 g/mol. The minimum atomic E-state index is 0.232. The van der Waals surface area contributed by atoms with Gasteiger partial charge < -0.3 is 9.80 Å². The third-order valence-corrected chi connectivity index (χ3v) is 3.63. The van der Waals surface area contributed by atoms with Crippen molar-refractivity contribution in [1.82, 2.24) is 9.80 Å². The Bertz CT molecular complexity index is 281. The van der Waals surface area contributed by atoms with Crippen LogP contribution in [0.25, 0.3) is 0 Å². The second-order valence-corrected chi connectivity index (χ2v) is 4.76. The van der Waals surface area contributed by atoms with Crippen LogP contribution in [-0.2, 0) is 0 Å². The molecule has 0 atom stereocenters. The zero-order valence-corrected chi connectivity index (χ0v) is 9.82. The summed E-state index contributed by atoms with van der Waals surface area (Å²) in [6.45, 7) is 3.55. The average Bonchev–Trinajstić information content (AvgIpc) is 2.39. The zero-order valence-electron chi connectivity index (χ0n) is 9.82. The Balaban J connectivity index is 1.84. The third kappa shape index (κ3) is 2.49. The molecule has 0 aromatic heterocycles. The fourth-order valence-electron chi connectivity index (χ4n) is 2.52. The van der Waals surface area contributed by atoms with Gasteiger partial charge >= 0.3 is 6.03 Å². The van der Waals surface area contributed by atoms with Crippen LogP contribution in [0.2, 0.25) is 0 Å². The van der Waals surface area contributed by atoms with E-state index in [9.17, 15) is 4.79 Å². The predicted octanol–water partition coefficient (Wildman–Crippen LogP) is 1.94. The maximum Gasteiger partial charge on any atom is 0.319 e. The number of hydrogen-bond acceptors (Lipinski definition) is 1. The number of terminal acetylenes is 1. The predicted molar refractivity (Wildman–Crippen MR) is 64.0 cm³/mol. The van der Waals surface area contributed by atoms with Gasteiger partial charge in [0.05, 0.1) is 0 Å². The standard InChI is InChI=1S/C13H20N2O/c1-2-12-6-10-15(11-7-12)13(16)14-8-4-3-5-9-14/h1,12H,3-11H2. The topological polar surface area (TPSA) is 23.6 Å². The van der Waals surface area contributed by atoms with Gasteiger partial charge in [-0.15, -0.1) is 12.3 Å². The number of piperidine rings is 2. The fourth-order valence-corrected chi connectivity index (χ4v) is 2.52. The number of carbonyl (C=O) groups excluding carboxylic acids is 1. The van der Waals surface area contributed by atoms with Gasteiger partial charge in [0.1, 0.15) is 0 Å². The molecule has 0 N–H and O–H groups in total. The highest BCUT2D eigenvalue weighted by atomic mass is 16.2. The number of nitrogens with zero attached hydrogens (tertiary/aromatic N) is 2. The first-order chi connectivity index (χ1) is 7.81. The molecule has 2 saturated heterocycles. The van der Waals surface area contributed by atoms with Gasteiger partial charge in [-0.05, 0) is 32.1 Å². The van der Waals surface area contributed by atoms with Gasteiger partial charge in [0.2, 0.25) is 0 Å². The smallest absolute Gasteiger partial charge is 0.319 e. The number of urea groups is 1. The van der Waals surface area contributed by atoms with E-state index in [0.29, 0.717) is 5.92 Å². The van der Waals surface area contributed by atoms with Crippen molar-refractivity contribution in [3.05, 3.63) is 0 Å². The molecule has 0 aliphatic carbocycles. The van der Waals surface area contributed by atoms with E-state index in [1.807, 2.05) is 9.80 Å². The first-order valence-electron chi connectivity index (χ1n) is 6.31. The van der Waals surface area contributed by atoms with Crippen LogP contribution in [0.4, 0.5) is 4.79 Å². The molecule has 0 aromatic rings. The van der Waals surface area contributed by atoms with Crippen LogP contribution in [0, 0.1) is 18.3 Å². The highest BCUT2D eigenvalue weighted by molar-refractivity contribution is 5.74. The molecule has 0 radical (unpaired) electrons. The monoisotopic (exact) mass is 220 g/mol. The van der Waals surface area contributed by atoms with Gasteiger partial charge in [-0.3, -0.25) is 0 Å². The fraction of sp³-hybridized carbons (Fsp3) is 0.769. The van der Waals surface area contributed by atoms with E-state index >= 15 is 0 Å². The van der Waals surface area contributed by atoms with Crippen LogP contribution in [0.15, 0.2) is 0 Å². The summed E-state index contributed by atoms with van der Waals surface area (Å²) in [6.07, 6.45) is 10.9. The maximum absolute atomic E-state index is 12.1. The van der Waals surface area contributed by atoms with E-state index in [4.69, 9.17) is 6.42 Å². The number of carbonyl (C=O) groups is 1. The maximum atomic E-state index is 12.1.